The van der Waals surface area contributed by atoms with E-state index in [9.17, 15) is 24.1 Å². The van der Waals surface area contributed by atoms with Crippen LogP contribution in [0.5, 0.6) is 0 Å². The number of fused-ring (bicyclic) bond motifs is 1. The number of amides is 1. The number of nitrogens with one attached hydrogen (secondary N) is 1. The zero-order chi connectivity index (χ0) is 18.0. The van der Waals surface area contributed by atoms with E-state index in [4.69, 9.17) is 4.42 Å². The molecule has 0 saturated carbocycles. The first-order valence-corrected chi connectivity index (χ1v) is 7.23. The Hall–Kier alpha value is -3.49. The number of carbonyl (C=O) groups excluding carboxylic acids is 1. The Morgan fingerprint density at radius 1 is 1.28 bits per heavy atom. The first-order valence-electron chi connectivity index (χ1n) is 7.23. The van der Waals surface area contributed by atoms with E-state index in [1.54, 1.807) is 6.07 Å². The van der Waals surface area contributed by atoms with Crippen LogP contribution in [-0.2, 0) is 17.9 Å². The van der Waals surface area contributed by atoms with Crippen molar-refractivity contribution in [1.82, 2.24) is 9.88 Å². The van der Waals surface area contributed by atoms with Gasteiger partial charge in [0.05, 0.1) is 16.5 Å². The molecule has 0 unspecified atom stereocenters. The predicted octanol–water partition coefficient (Wildman–Crippen LogP) is 1.96. The number of oxazole rings is 1. The molecule has 0 aliphatic heterocycles. The average molecular weight is 345 g/mol. The standard InChI is InChI=1S/C16H12FN3O5/c17-12-4-2-1-3-10(12)8-18-15(21)9-19-13-6-5-11(20(23)24)7-14(13)25-16(19)22/h1-7H,8-9H2,(H,18,21). The molecule has 128 valence electrons. The summed E-state index contributed by atoms with van der Waals surface area (Å²) in [6, 6.07) is 9.66. The molecule has 0 radical (unpaired) electrons. The van der Waals surface area contributed by atoms with Gasteiger partial charge in [0, 0.05) is 18.2 Å². The van der Waals surface area contributed by atoms with E-state index in [2.05, 4.69) is 5.32 Å². The largest absolute Gasteiger partial charge is 0.420 e. The van der Waals surface area contributed by atoms with Gasteiger partial charge in [0.1, 0.15) is 12.4 Å². The number of hydrogen-bond donors (Lipinski definition) is 1. The summed E-state index contributed by atoms with van der Waals surface area (Å²) in [4.78, 5) is 34.0. The SMILES string of the molecule is O=C(Cn1c(=O)oc2cc([N+](=O)[O-])ccc21)NCc1ccccc1F. The van der Waals surface area contributed by atoms with E-state index in [0.717, 1.165) is 10.6 Å². The second-order valence-corrected chi connectivity index (χ2v) is 5.23. The lowest BCUT2D eigenvalue weighted by Crippen LogP contribution is -2.30. The van der Waals surface area contributed by atoms with E-state index >= 15 is 0 Å². The Kier molecular flexibility index (Phi) is 4.29. The zero-order valence-electron chi connectivity index (χ0n) is 12.8. The topological polar surface area (TPSA) is 107 Å². The maximum absolute atomic E-state index is 13.5. The highest BCUT2D eigenvalue weighted by molar-refractivity contribution is 5.80. The summed E-state index contributed by atoms with van der Waals surface area (Å²) in [5.74, 6) is -1.77. The number of carbonyl (C=O) groups is 1. The van der Waals surface area contributed by atoms with Crippen LogP contribution >= 0.6 is 0 Å². The summed E-state index contributed by atoms with van der Waals surface area (Å²) in [5, 5.41) is 13.3. The van der Waals surface area contributed by atoms with Gasteiger partial charge in [-0.1, -0.05) is 18.2 Å². The van der Waals surface area contributed by atoms with Crippen LogP contribution in [0.25, 0.3) is 11.1 Å². The van der Waals surface area contributed by atoms with Gasteiger partial charge in [-0.05, 0) is 12.1 Å². The van der Waals surface area contributed by atoms with Crippen molar-refractivity contribution >= 4 is 22.7 Å². The van der Waals surface area contributed by atoms with Crippen LogP contribution in [0.15, 0.2) is 51.7 Å². The van der Waals surface area contributed by atoms with Crippen LogP contribution in [0.1, 0.15) is 5.56 Å². The molecule has 0 spiro atoms. The summed E-state index contributed by atoms with van der Waals surface area (Å²) in [6.07, 6.45) is 0. The summed E-state index contributed by atoms with van der Waals surface area (Å²) in [6.45, 7) is -0.375. The summed E-state index contributed by atoms with van der Waals surface area (Å²) < 4.78 is 19.5. The van der Waals surface area contributed by atoms with Gasteiger partial charge in [-0.15, -0.1) is 0 Å². The van der Waals surface area contributed by atoms with Gasteiger partial charge in [0.2, 0.25) is 5.91 Å². The Labute approximate surface area is 139 Å². The molecular weight excluding hydrogens is 333 g/mol. The zero-order valence-corrected chi connectivity index (χ0v) is 12.8. The van der Waals surface area contributed by atoms with E-state index < -0.39 is 22.4 Å². The number of nitrogens with zero attached hydrogens (tertiary/aromatic N) is 2. The molecule has 25 heavy (non-hydrogen) atoms. The number of hydrogen-bond acceptors (Lipinski definition) is 5. The molecule has 1 amide bonds. The van der Waals surface area contributed by atoms with Gasteiger partial charge in [0.25, 0.3) is 5.69 Å². The molecule has 8 nitrogen and oxygen atoms in total. The highest BCUT2D eigenvalue weighted by Gasteiger charge is 2.16. The molecule has 2 aromatic carbocycles. The van der Waals surface area contributed by atoms with E-state index in [1.807, 2.05) is 0 Å². The highest BCUT2D eigenvalue weighted by atomic mass is 19.1. The van der Waals surface area contributed by atoms with Crippen molar-refractivity contribution < 1.29 is 18.5 Å². The lowest BCUT2D eigenvalue weighted by atomic mass is 10.2. The lowest BCUT2D eigenvalue weighted by molar-refractivity contribution is -0.384. The minimum absolute atomic E-state index is 0.0149. The van der Waals surface area contributed by atoms with Crippen molar-refractivity contribution in [2.75, 3.05) is 0 Å². The second kappa shape index (κ2) is 6.56. The first kappa shape index (κ1) is 16.4. The summed E-state index contributed by atoms with van der Waals surface area (Å²) in [5.41, 5.74) is 0.367. The van der Waals surface area contributed by atoms with Gasteiger partial charge < -0.3 is 9.73 Å². The maximum atomic E-state index is 13.5. The Balaban J connectivity index is 1.77. The van der Waals surface area contributed by atoms with Gasteiger partial charge in [-0.25, -0.2) is 9.18 Å². The lowest BCUT2D eigenvalue weighted by Gasteiger charge is -2.06. The monoisotopic (exact) mass is 345 g/mol. The molecule has 9 heteroatoms. The number of aromatic nitrogens is 1. The molecule has 1 aromatic heterocycles. The van der Waals surface area contributed by atoms with E-state index in [1.165, 1.54) is 30.3 Å². The van der Waals surface area contributed by atoms with Gasteiger partial charge >= 0.3 is 5.76 Å². The van der Waals surface area contributed by atoms with Crippen LogP contribution in [0.2, 0.25) is 0 Å². The third-order valence-corrected chi connectivity index (χ3v) is 3.60. The number of rotatable bonds is 5. The predicted molar refractivity (Wildman–Crippen MR) is 85.4 cm³/mol. The average Bonchev–Trinajstić information content (AvgIpc) is 2.89. The van der Waals surface area contributed by atoms with Crippen LogP contribution in [0.3, 0.4) is 0 Å². The number of nitro benzene ring substituents is 1. The summed E-state index contributed by atoms with van der Waals surface area (Å²) >= 11 is 0. The smallest absolute Gasteiger partial charge is 0.407 e. The van der Waals surface area contributed by atoms with Gasteiger partial charge in [0.15, 0.2) is 5.58 Å². The molecule has 3 aromatic rings. The normalized spacial score (nSPS) is 10.8. The fourth-order valence-electron chi connectivity index (χ4n) is 2.35. The Morgan fingerprint density at radius 2 is 2.04 bits per heavy atom. The fraction of sp³-hybridized carbons (Fsp3) is 0.125. The highest BCUT2D eigenvalue weighted by Crippen LogP contribution is 2.19. The third kappa shape index (κ3) is 3.39. The van der Waals surface area contributed by atoms with Gasteiger partial charge in [-0.2, -0.15) is 0 Å². The minimum Gasteiger partial charge on any atom is -0.407 e. The van der Waals surface area contributed by atoms with Gasteiger partial charge in [-0.3, -0.25) is 19.5 Å². The number of benzene rings is 2. The first-order chi connectivity index (χ1) is 12.0. The van der Waals surface area contributed by atoms with Crippen LogP contribution < -0.4 is 11.1 Å². The summed E-state index contributed by atoms with van der Waals surface area (Å²) in [7, 11) is 0. The van der Waals surface area contributed by atoms with Crippen molar-refractivity contribution in [3.8, 4) is 0 Å². The van der Waals surface area contributed by atoms with Crippen LogP contribution in [0.4, 0.5) is 10.1 Å². The fourth-order valence-corrected chi connectivity index (χ4v) is 2.35. The van der Waals surface area contributed by atoms with Crippen molar-refractivity contribution in [3.05, 3.63) is 74.5 Å². The molecule has 0 bridgehead atoms. The second-order valence-electron chi connectivity index (χ2n) is 5.23. The quantitative estimate of drug-likeness (QED) is 0.562. The van der Waals surface area contributed by atoms with Crippen molar-refractivity contribution in [3.63, 3.8) is 0 Å². The number of non-ortho nitro benzene ring substituents is 1. The molecule has 0 aliphatic carbocycles. The molecule has 0 fully saturated rings. The van der Waals surface area contributed by atoms with E-state index in [0.29, 0.717) is 5.56 Å². The Bertz CT molecular complexity index is 1020. The van der Waals surface area contributed by atoms with Crippen LogP contribution in [0, 0.1) is 15.9 Å². The van der Waals surface area contributed by atoms with Crippen molar-refractivity contribution in [2.24, 2.45) is 0 Å². The Morgan fingerprint density at radius 3 is 2.76 bits per heavy atom. The number of halogens is 1. The van der Waals surface area contributed by atoms with Crippen molar-refractivity contribution in [1.29, 1.82) is 0 Å². The van der Waals surface area contributed by atoms with Crippen molar-refractivity contribution in [2.45, 2.75) is 13.1 Å². The molecule has 0 saturated heterocycles. The molecule has 1 heterocycles. The molecule has 3 rings (SSSR count). The van der Waals surface area contributed by atoms with E-state index in [-0.39, 0.29) is 29.9 Å². The van der Waals surface area contributed by atoms with Crippen LogP contribution in [-0.4, -0.2) is 15.4 Å². The minimum atomic E-state index is -0.809. The molecule has 0 atom stereocenters. The molecular formula is C16H12FN3O5. The number of nitro groups is 1. The molecule has 0 aliphatic rings. The third-order valence-electron chi connectivity index (χ3n) is 3.60. The molecule has 1 N–H and O–H groups in total. The maximum Gasteiger partial charge on any atom is 0.420 e.